The summed E-state index contributed by atoms with van der Waals surface area (Å²) >= 11 is 0. The number of likely N-dealkylation sites (N-methyl/N-ethyl adjacent to an activating group) is 1. The largest absolute Gasteiger partial charge is 0.480 e. The third-order valence-corrected chi connectivity index (χ3v) is 11.3. The van der Waals surface area contributed by atoms with Crippen molar-refractivity contribution in [1.82, 2.24) is 29.9 Å². The summed E-state index contributed by atoms with van der Waals surface area (Å²) in [4.78, 5) is 70.0. The van der Waals surface area contributed by atoms with Gasteiger partial charge in [0.1, 0.15) is 47.2 Å². The third-order valence-electron chi connectivity index (χ3n) is 11.3. The van der Waals surface area contributed by atoms with E-state index in [1.165, 1.54) is 65.9 Å². The van der Waals surface area contributed by atoms with Crippen molar-refractivity contribution in [1.29, 1.82) is 0 Å². The molecule has 0 saturated heterocycles. The van der Waals surface area contributed by atoms with E-state index in [2.05, 4.69) is 10.4 Å². The molecule has 78 heavy (non-hydrogen) atoms. The molecule has 2 heterocycles. The maximum atomic E-state index is 14.0. The van der Waals surface area contributed by atoms with E-state index in [4.69, 9.17) is 5.11 Å². The second-order valence-electron chi connectivity index (χ2n) is 17.6. The number of aromatic nitrogens is 3. The smallest absolute Gasteiger partial charge is 0.416 e. The van der Waals surface area contributed by atoms with Crippen molar-refractivity contribution in [3.63, 3.8) is 0 Å². The number of halogens is 8. The van der Waals surface area contributed by atoms with Crippen LogP contribution >= 0.6 is 0 Å². The van der Waals surface area contributed by atoms with Gasteiger partial charge in [0.15, 0.2) is 0 Å². The van der Waals surface area contributed by atoms with Gasteiger partial charge >= 0.3 is 18.1 Å². The molecule has 0 spiro atoms. The van der Waals surface area contributed by atoms with Crippen molar-refractivity contribution in [3.8, 4) is 11.1 Å². The van der Waals surface area contributed by atoms with Crippen LogP contribution in [0.5, 0.6) is 0 Å². The second kappa shape index (κ2) is 28.9. The highest BCUT2D eigenvalue weighted by atomic mass is 19.4. The Hall–Kier alpha value is -8.79. The number of alkyl halides is 3. The molecule has 0 saturated carbocycles. The maximum Gasteiger partial charge on any atom is 0.416 e. The van der Waals surface area contributed by atoms with Crippen LogP contribution in [-0.2, 0) is 53.4 Å². The Morgan fingerprint density at radius 2 is 1.35 bits per heavy atom. The Morgan fingerprint density at radius 3 is 1.88 bits per heavy atom. The lowest BCUT2D eigenvalue weighted by molar-refractivity contribution is -0.139. The highest BCUT2D eigenvalue weighted by Crippen LogP contribution is 2.31. The lowest BCUT2D eigenvalue weighted by Crippen LogP contribution is -2.43. The summed E-state index contributed by atoms with van der Waals surface area (Å²) in [7, 11) is 5.11. The van der Waals surface area contributed by atoms with Gasteiger partial charge in [-0.2, -0.15) is 18.3 Å². The number of hydrogen-bond donors (Lipinski definition) is 4. The molecule has 2 amide bonds. The SMILES string of the molecule is Cc1c(F)cccc1F.Cc1cccc(Cn2cc(CCN(C)C)c(C(F)(F)F)cc2=O)c1.Cn1ncc(-c2ccc(F)cc2)c(Cc2cccc(CC(NC(=O)c3c(F)cccc3F)C(=O)O)c2)c1=O.O=CNCC(=O)O. The summed E-state index contributed by atoms with van der Waals surface area (Å²) in [5.41, 5.74) is 2.18. The lowest BCUT2D eigenvalue weighted by Gasteiger charge is -2.17. The van der Waals surface area contributed by atoms with Crippen LogP contribution in [-0.4, -0.2) is 86.9 Å². The lowest BCUT2D eigenvalue weighted by atomic mass is 9.95. The predicted molar refractivity (Wildman–Crippen MR) is 274 cm³/mol. The fraction of sp³-hybridized carbons (Fsp3) is 0.232. The number of carbonyl (C=O) groups excluding carboxylic acids is 2. The average Bonchev–Trinajstić information content (AvgIpc) is 3.37. The van der Waals surface area contributed by atoms with Crippen molar-refractivity contribution in [2.75, 3.05) is 27.2 Å². The van der Waals surface area contributed by atoms with Crippen LogP contribution in [0.2, 0.25) is 0 Å². The number of rotatable bonds is 16. The van der Waals surface area contributed by atoms with E-state index >= 15 is 0 Å². The Bertz CT molecular complexity index is 3290. The topological polar surface area (TPSA) is 193 Å². The molecule has 14 nitrogen and oxygen atoms in total. The van der Waals surface area contributed by atoms with Gasteiger partial charge in [0.25, 0.3) is 17.0 Å². The highest BCUT2D eigenvalue weighted by Gasteiger charge is 2.34. The first-order chi connectivity index (χ1) is 36.8. The molecular weight excluding hydrogens is 1040 g/mol. The first-order valence-corrected chi connectivity index (χ1v) is 23.5. The Kier molecular flexibility index (Phi) is 22.9. The molecule has 1 unspecified atom stereocenters. The molecule has 0 aliphatic heterocycles. The summed E-state index contributed by atoms with van der Waals surface area (Å²) in [5, 5.41) is 25.7. The molecule has 0 aliphatic carbocycles. The molecule has 412 valence electrons. The molecular formula is C56H54F8N6O8. The second-order valence-corrected chi connectivity index (χ2v) is 17.6. The molecule has 22 heteroatoms. The fourth-order valence-corrected chi connectivity index (χ4v) is 7.35. The van der Waals surface area contributed by atoms with Gasteiger partial charge < -0.3 is 30.3 Å². The van der Waals surface area contributed by atoms with E-state index in [1.807, 2.05) is 41.4 Å². The van der Waals surface area contributed by atoms with Gasteiger partial charge in [0.05, 0.1) is 18.3 Å². The molecule has 7 rings (SSSR count). The minimum absolute atomic E-state index is 0.0810. The van der Waals surface area contributed by atoms with Crippen LogP contribution in [0.25, 0.3) is 11.1 Å². The average molecular weight is 1090 g/mol. The van der Waals surface area contributed by atoms with Gasteiger partial charge in [-0.1, -0.05) is 78.4 Å². The minimum Gasteiger partial charge on any atom is -0.480 e. The molecule has 0 fully saturated rings. The number of amides is 2. The molecule has 5 aromatic carbocycles. The minimum atomic E-state index is -4.52. The van der Waals surface area contributed by atoms with Gasteiger partial charge in [-0.05, 0) is 98.6 Å². The summed E-state index contributed by atoms with van der Waals surface area (Å²) < 4.78 is 108. The van der Waals surface area contributed by atoms with Crippen molar-refractivity contribution in [2.45, 2.75) is 51.9 Å². The number of carboxylic acid groups (broad SMARTS) is 2. The van der Waals surface area contributed by atoms with Crippen LogP contribution in [0.15, 0.2) is 137 Å². The molecule has 2 aromatic heterocycles. The van der Waals surface area contributed by atoms with Gasteiger partial charge in [-0.3, -0.25) is 24.0 Å². The highest BCUT2D eigenvalue weighted by molar-refractivity contribution is 5.97. The number of nitrogens with zero attached hydrogens (tertiary/aromatic N) is 4. The fourth-order valence-electron chi connectivity index (χ4n) is 7.35. The standard InChI is InChI=1S/C28H22F3N3O4.C18H21F3N2O.C7H6F2.C3H5NO3/c1-34-27(36)20(21(15-32-34)18-8-10-19(29)11-9-18)13-16-4-2-5-17(12-16)14-24(28(37)38)33-26(35)25-22(30)6-3-7-23(25)31;1-13-5-4-6-14(9-13)11-23-12-15(7-8-22(2)3)16(10-17(23)24)18(19,20)21;1-5-6(8)3-2-4-7(5)9;5-2-4-1-3(6)7/h2-12,15,24H,13-14H2,1H3,(H,33,35)(H,37,38);4-6,9-10,12H,7-8,11H2,1-3H3;2-4H,1H3;2H,1H2,(H,4,5)(H,6,7). The van der Waals surface area contributed by atoms with Crippen LogP contribution < -0.4 is 21.8 Å². The van der Waals surface area contributed by atoms with Crippen LogP contribution in [0.1, 0.15) is 54.9 Å². The number of pyridine rings is 1. The Balaban J connectivity index is 0.000000276. The zero-order valence-corrected chi connectivity index (χ0v) is 42.7. The van der Waals surface area contributed by atoms with E-state index in [0.717, 1.165) is 29.3 Å². The van der Waals surface area contributed by atoms with Crippen molar-refractivity contribution < 1.29 is 64.5 Å². The molecule has 0 bridgehead atoms. The number of carboxylic acids is 2. The molecule has 7 aromatic rings. The van der Waals surface area contributed by atoms with Gasteiger partial charge in [-0.25, -0.2) is 31.4 Å². The van der Waals surface area contributed by atoms with Gasteiger partial charge in [0.2, 0.25) is 6.41 Å². The quantitative estimate of drug-likeness (QED) is 0.0541. The zero-order chi connectivity index (χ0) is 57.9. The van der Waals surface area contributed by atoms with E-state index < -0.39 is 75.8 Å². The Labute approximate surface area is 442 Å². The first kappa shape index (κ1) is 61.8. The zero-order valence-electron chi connectivity index (χ0n) is 42.7. The number of benzene rings is 5. The number of nitrogens with one attached hydrogen (secondary N) is 2. The van der Waals surface area contributed by atoms with Crippen LogP contribution in [0.3, 0.4) is 0 Å². The van der Waals surface area contributed by atoms with Crippen LogP contribution in [0.4, 0.5) is 35.1 Å². The molecule has 0 aliphatic rings. The predicted octanol–water partition coefficient (Wildman–Crippen LogP) is 8.30. The van der Waals surface area contributed by atoms with Gasteiger partial charge in [-0.15, -0.1) is 0 Å². The number of aryl methyl sites for hydroxylation is 2. The van der Waals surface area contributed by atoms with Crippen molar-refractivity contribution in [3.05, 3.63) is 228 Å². The summed E-state index contributed by atoms with van der Waals surface area (Å²) in [6.07, 6.45) is -1.10. The molecule has 1 atom stereocenters. The number of hydrogen-bond acceptors (Lipinski definition) is 8. The summed E-state index contributed by atoms with van der Waals surface area (Å²) in [5.74, 6) is -7.22. The Morgan fingerprint density at radius 1 is 0.769 bits per heavy atom. The number of carbonyl (C=O) groups is 4. The van der Waals surface area contributed by atoms with Crippen LogP contribution in [0, 0.1) is 42.9 Å². The normalized spacial score (nSPS) is 11.2. The summed E-state index contributed by atoms with van der Waals surface area (Å²) in [6, 6.07) is 25.9. The van der Waals surface area contributed by atoms with E-state index in [-0.39, 0.29) is 49.0 Å². The van der Waals surface area contributed by atoms with E-state index in [1.54, 1.807) is 50.5 Å². The molecule has 4 N–H and O–H groups in total. The van der Waals surface area contributed by atoms with Gasteiger partial charge in [0, 0.05) is 55.4 Å². The number of aliphatic carboxylic acids is 2. The van der Waals surface area contributed by atoms with E-state index in [9.17, 15) is 69.0 Å². The first-order valence-electron chi connectivity index (χ1n) is 23.5. The van der Waals surface area contributed by atoms with Crippen molar-refractivity contribution in [2.24, 2.45) is 7.05 Å². The van der Waals surface area contributed by atoms with Crippen molar-refractivity contribution >= 4 is 24.3 Å². The van der Waals surface area contributed by atoms with E-state index in [0.29, 0.717) is 46.8 Å². The third kappa shape index (κ3) is 18.8. The maximum absolute atomic E-state index is 14.0. The summed E-state index contributed by atoms with van der Waals surface area (Å²) in [6.45, 7) is 3.77. The monoisotopic (exact) mass is 1090 g/mol. The molecule has 0 radical (unpaired) electrons.